The molecule has 0 spiro atoms. The van der Waals surface area contributed by atoms with Crippen LogP contribution in [0.4, 0.5) is 0 Å². The van der Waals surface area contributed by atoms with Gasteiger partial charge in [0.2, 0.25) is 0 Å². The smallest absolute Gasteiger partial charge is 0.324 e. The minimum Gasteiger partial charge on any atom is -0.507 e. The molecule has 0 aliphatic heterocycles. The molecule has 0 heterocycles. The topological polar surface area (TPSA) is 89.9 Å². The van der Waals surface area contributed by atoms with Gasteiger partial charge in [-0.25, -0.2) is 0 Å². The van der Waals surface area contributed by atoms with Crippen molar-refractivity contribution in [1.82, 2.24) is 0 Å². The van der Waals surface area contributed by atoms with Gasteiger partial charge in [0.05, 0.1) is 18.8 Å². The van der Waals surface area contributed by atoms with Gasteiger partial charge in [0.1, 0.15) is 5.75 Å². The molecule has 0 atom stereocenters. The highest BCUT2D eigenvalue weighted by Crippen LogP contribution is 2.49. The molecule has 1 N–H and O–H groups in total. The second kappa shape index (κ2) is 10.7. The number of aromatic hydroxyl groups is 1. The van der Waals surface area contributed by atoms with Crippen molar-refractivity contribution >= 4 is 17.7 Å². The molecule has 3 aromatic carbocycles. The minimum atomic E-state index is -1.68. The molecule has 1 aliphatic rings. The van der Waals surface area contributed by atoms with Gasteiger partial charge in [0, 0.05) is 35.1 Å². The van der Waals surface area contributed by atoms with Gasteiger partial charge in [0.15, 0.2) is 11.2 Å². The Hall–Kier alpha value is -4.37. The number of phenols is 1. The van der Waals surface area contributed by atoms with E-state index in [0.29, 0.717) is 27.8 Å². The van der Waals surface area contributed by atoms with Gasteiger partial charge in [0.25, 0.3) is 0 Å². The van der Waals surface area contributed by atoms with Crippen LogP contribution in [0.3, 0.4) is 0 Å². The number of rotatable bonds is 6. The molecule has 0 amide bonds. The largest absolute Gasteiger partial charge is 0.507 e. The zero-order valence-electron chi connectivity index (χ0n) is 21.1. The lowest BCUT2D eigenvalue weighted by molar-refractivity contribution is -0.171. The quantitative estimate of drug-likeness (QED) is 0.227. The summed E-state index contributed by atoms with van der Waals surface area (Å²) in [6, 6.07) is 18.5. The normalized spacial score (nSPS) is 13.2. The molecule has 188 valence electrons. The third-order valence-corrected chi connectivity index (χ3v) is 6.50. The summed E-state index contributed by atoms with van der Waals surface area (Å²) in [5.41, 5.74) is 1.69. The van der Waals surface area contributed by atoms with Crippen LogP contribution in [-0.2, 0) is 31.9 Å². The van der Waals surface area contributed by atoms with Crippen LogP contribution in [0, 0.1) is 17.3 Å². The number of Topliss-reactive ketones (excluding diaryl/α,β-unsaturated/α-hetero) is 1. The van der Waals surface area contributed by atoms with Gasteiger partial charge >= 0.3 is 11.9 Å². The summed E-state index contributed by atoms with van der Waals surface area (Å²) in [6.45, 7) is 4.86. The number of esters is 2. The van der Waals surface area contributed by atoms with Crippen LogP contribution < -0.4 is 0 Å². The van der Waals surface area contributed by atoms with E-state index in [1.165, 1.54) is 6.92 Å². The highest BCUT2D eigenvalue weighted by Gasteiger charge is 2.55. The second-order valence-corrected chi connectivity index (χ2v) is 8.85. The predicted octanol–water partition coefficient (Wildman–Crippen LogP) is 4.87. The molecule has 0 saturated carbocycles. The Morgan fingerprint density at radius 1 is 0.838 bits per heavy atom. The molecule has 0 saturated heterocycles. The number of carbonyl (C=O) groups excluding carboxylic acids is 3. The number of hydrogen-bond donors (Lipinski definition) is 1. The monoisotopic (exact) mass is 496 g/mol. The molecule has 0 radical (unpaired) electrons. The fourth-order valence-electron chi connectivity index (χ4n) is 4.83. The Bertz CT molecular complexity index is 1390. The van der Waals surface area contributed by atoms with Crippen LogP contribution >= 0.6 is 0 Å². The maximum Gasteiger partial charge on any atom is 0.324 e. The number of carbonyl (C=O) groups is 3. The lowest BCUT2D eigenvalue weighted by atomic mass is 9.84. The predicted molar refractivity (Wildman–Crippen MR) is 139 cm³/mol. The zero-order valence-corrected chi connectivity index (χ0v) is 21.1. The molecule has 1 aliphatic carbocycles. The highest BCUT2D eigenvalue weighted by atomic mass is 16.6. The van der Waals surface area contributed by atoms with E-state index >= 15 is 0 Å². The molecule has 4 rings (SSSR count). The van der Waals surface area contributed by atoms with Crippen molar-refractivity contribution < 1.29 is 29.0 Å². The fourth-order valence-corrected chi connectivity index (χ4v) is 4.83. The Balaban J connectivity index is 2.05. The summed E-state index contributed by atoms with van der Waals surface area (Å²) in [6.07, 6.45) is -0.217. The molecule has 0 bridgehead atoms. The van der Waals surface area contributed by atoms with Crippen LogP contribution in [0.1, 0.15) is 53.4 Å². The van der Waals surface area contributed by atoms with Gasteiger partial charge < -0.3 is 14.6 Å². The molecule has 6 nitrogen and oxygen atoms in total. The number of ether oxygens (including phenoxy) is 2. The van der Waals surface area contributed by atoms with Gasteiger partial charge in [-0.1, -0.05) is 60.4 Å². The lowest BCUT2D eigenvalue weighted by Gasteiger charge is -2.24. The van der Waals surface area contributed by atoms with E-state index in [1.807, 2.05) is 60.7 Å². The standard InChI is InChI=1S/C31H28O6/c1-4-36-29(34)31(30(35)37-5-2)18-24-23(17-16-21-12-8-6-9-13-21)27(22-14-10-7-11-15-22)26(20(3)32)28(33)25(24)19-31/h6-15,33H,4-5,18-19H2,1-3H3. The van der Waals surface area contributed by atoms with E-state index in [4.69, 9.17) is 9.47 Å². The van der Waals surface area contributed by atoms with Gasteiger partial charge in [-0.2, -0.15) is 0 Å². The maximum atomic E-state index is 13.2. The van der Waals surface area contributed by atoms with E-state index in [1.54, 1.807) is 13.8 Å². The number of hydrogen-bond acceptors (Lipinski definition) is 6. The maximum absolute atomic E-state index is 13.2. The molecule has 3 aromatic rings. The summed E-state index contributed by atoms with van der Waals surface area (Å²) in [5.74, 6) is 4.31. The molecule has 0 unspecified atom stereocenters. The Morgan fingerprint density at radius 2 is 1.38 bits per heavy atom. The number of benzene rings is 3. The van der Waals surface area contributed by atoms with Crippen LogP contribution in [0.5, 0.6) is 5.75 Å². The van der Waals surface area contributed by atoms with E-state index in [-0.39, 0.29) is 43.2 Å². The average Bonchev–Trinajstić information content (AvgIpc) is 3.32. The van der Waals surface area contributed by atoms with Crippen molar-refractivity contribution in [2.24, 2.45) is 5.41 Å². The summed E-state index contributed by atoms with van der Waals surface area (Å²) >= 11 is 0. The van der Waals surface area contributed by atoms with Crippen molar-refractivity contribution in [3.8, 4) is 28.7 Å². The third-order valence-electron chi connectivity index (χ3n) is 6.50. The summed E-state index contributed by atoms with van der Waals surface area (Å²) in [7, 11) is 0. The van der Waals surface area contributed by atoms with Crippen molar-refractivity contribution in [3.63, 3.8) is 0 Å². The zero-order chi connectivity index (χ0) is 26.6. The Kier molecular flexibility index (Phi) is 7.45. The van der Waals surface area contributed by atoms with E-state index in [2.05, 4.69) is 11.8 Å². The van der Waals surface area contributed by atoms with Gasteiger partial charge in [-0.15, -0.1) is 0 Å². The van der Waals surface area contributed by atoms with Gasteiger partial charge in [-0.05, 0) is 44.0 Å². The number of fused-ring (bicyclic) bond motifs is 1. The van der Waals surface area contributed by atoms with Gasteiger partial charge in [-0.3, -0.25) is 14.4 Å². The Labute approximate surface area is 216 Å². The van der Waals surface area contributed by atoms with Crippen molar-refractivity contribution in [2.45, 2.75) is 33.6 Å². The first-order chi connectivity index (χ1) is 17.8. The van der Waals surface area contributed by atoms with Crippen molar-refractivity contribution in [1.29, 1.82) is 0 Å². The molecule has 6 heteroatoms. The van der Waals surface area contributed by atoms with Crippen molar-refractivity contribution in [2.75, 3.05) is 13.2 Å². The lowest BCUT2D eigenvalue weighted by Crippen LogP contribution is -2.43. The van der Waals surface area contributed by atoms with E-state index in [0.717, 1.165) is 5.56 Å². The molecule has 37 heavy (non-hydrogen) atoms. The molecular weight excluding hydrogens is 468 g/mol. The number of ketones is 1. The second-order valence-electron chi connectivity index (χ2n) is 8.85. The first-order valence-corrected chi connectivity index (χ1v) is 12.2. The fraction of sp³-hybridized carbons (Fsp3) is 0.258. The summed E-state index contributed by atoms with van der Waals surface area (Å²) < 4.78 is 10.6. The molecule has 0 aromatic heterocycles. The Morgan fingerprint density at radius 3 is 1.92 bits per heavy atom. The van der Waals surface area contributed by atoms with Crippen LogP contribution in [0.2, 0.25) is 0 Å². The summed E-state index contributed by atoms with van der Waals surface area (Å²) in [4.78, 5) is 39.4. The van der Waals surface area contributed by atoms with Crippen LogP contribution in [0.15, 0.2) is 60.7 Å². The first-order valence-electron chi connectivity index (χ1n) is 12.2. The summed E-state index contributed by atoms with van der Waals surface area (Å²) in [5, 5.41) is 11.4. The molecular formula is C31H28O6. The minimum absolute atomic E-state index is 0.0651. The highest BCUT2D eigenvalue weighted by molar-refractivity contribution is 6.07. The van der Waals surface area contributed by atoms with Crippen molar-refractivity contribution in [3.05, 3.63) is 88.5 Å². The average molecular weight is 497 g/mol. The third kappa shape index (κ3) is 4.73. The van der Waals surface area contributed by atoms with Crippen LogP contribution in [-0.4, -0.2) is 36.0 Å². The molecule has 0 fully saturated rings. The number of phenolic OH excluding ortho intramolecular Hbond substituents is 1. The SMILES string of the molecule is CCOC(=O)C1(C(=O)OCC)Cc2c(O)c(C(C)=O)c(-c3ccccc3)c(C#Cc3ccccc3)c2C1. The van der Waals surface area contributed by atoms with E-state index < -0.39 is 17.4 Å². The van der Waals surface area contributed by atoms with Crippen LogP contribution in [0.25, 0.3) is 11.1 Å². The first kappa shape index (κ1) is 25.7. The van der Waals surface area contributed by atoms with E-state index in [9.17, 15) is 19.5 Å².